The van der Waals surface area contributed by atoms with E-state index in [2.05, 4.69) is 5.32 Å². The van der Waals surface area contributed by atoms with E-state index >= 15 is 0 Å². The van der Waals surface area contributed by atoms with Gasteiger partial charge in [-0.3, -0.25) is 5.32 Å². The van der Waals surface area contributed by atoms with Crippen LogP contribution < -0.4 is 11.1 Å². The van der Waals surface area contributed by atoms with Crippen LogP contribution >= 0.6 is 0 Å². The van der Waals surface area contributed by atoms with Gasteiger partial charge in [-0.1, -0.05) is 6.07 Å². The number of alkyl halides is 3. The van der Waals surface area contributed by atoms with Crippen molar-refractivity contribution in [3.63, 3.8) is 0 Å². The zero-order chi connectivity index (χ0) is 15.5. The van der Waals surface area contributed by atoms with Crippen LogP contribution in [-0.2, 0) is 10.9 Å². The molecule has 7 heteroatoms. The second kappa shape index (κ2) is 6.34. The number of nitrogens with one attached hydrogen (secondary N) is 1. The predicted octanol–water partition coefficient (Wildman–Crippen LogP) is 3.52. The lowest BCUT2D eigenvalue weighted by atomic mass is 9.94. The second-order valence-electron chi connectivity index (χ2n) is 5.16. The van der Waals surface area contributed by atoms with Gasteiger partial charge in [0, 0.05) is 11.7 Å². The van der Waals surface area contributed by atoms with E-state index in [1.54, 1.807) is 0 Å². The van der Waals surface area contributed by atoms with Crippen LogP contribution in [0.1, 0.15) is 31.2 Å². The number of rotatable bonds is 2. The third-order valence-corrected chi connectivity index (χ3v) is 3.38. The van der Waals surface area contributed by atoms with E-state index in [1.165, 1.54) is 12.1 Å². The van der Waals surface area contributed by atoms with Crippen LogP contribution in [0.15, 0.2) is 24.3 Å². The van der Waals surface area contributed by atoms with Gasteiger partial charge < -0.3 is 10.5 Å². The summed E-state index contributed by atoms with van der Waals surface area (Å²) in [6.45, 7) is 0. The highest BCUT2D eigenvalue weighted by Gasteiger charge is 2.30. The number of ether oxygens (including phenoxy) is 1. The molecule has 0 radical (unpaired) electrons. The van der Waals surface area contributed by atoms with E-state index in [-0.39, 0.29) is 17.8 Å². The van der Waals surface area contributed by atoms with E-state index < -0.39 is 17.8 Å². The molecule has 3 N–H and O–H groups in total. The van der Waals surface area contributed by atoms with Gasteiger partial charge in [-0.15, -0.1) is 0 Å². The van der Waals surface area contributed by atoms with Crippen LogP contribution in [0.4, 0.5) is 23.7 Å². The van der Waals surface area contributed by atoms with E-state index in [0.717, 1.165) is 31.4 Å². The lowest BCUT2D eigenvalue weighted by Crippen LogP contribution is -2.34. The Balaban J connectivity index is 1.93. The quantitative estimate of drug-likeness (QED) is 0.878. The molecule has 2 atom stereocenters. The maximum Gasteiger partial charge on any atom is 0.416 e. The molecule has 1 saturated carbocycles. The Labute approximate surface area is 120 Å². The van der Waals surface area contributed by atoms with E-state index in [9.17, 15) is 18.0 Å². The van der Waals surface area contributed by atoms with Crippen molar-refractivity contribution >= 4 is 11.8 Å². The SMILES string of the molecule is NC1CCCC(OC(=O)Nc2cccc(C(F)(F)F)c2)C1. The number of hydrogen-bond acceptors (Lipinski definition) is 3. The van der Waals surface area contributed by atoms with Gasteiger partial charge in [0.2, 0.25) is 0 Å². The van der Waals surface area contributed by atoms with Gasteiger partial charge in [0.15, 0.2) is 0 Å². The van der Waals surface area contributed by atoms with Crippen LogP contribution in [-0.4, -0.2) is 18.2 Å². The average molecular weight is 302 g/mol. The predicted molar refractivity (Wildman–Crippen MR) is 71.8 cm³/mol. The summed E-state index contributed by atoms with van der Waals surface area (Å²) in [5.74, 6) is 0. The smallest absolute Gasteiger partial charge is 0.416 e. The molecule has 0 aliphatic heterocycles. The van der Waals surface area contributed by atoms with Crippen molar-refractivity contribution in [2.45, 2.75) is 44.0 Å². The van der Waals surface area contributed by atoms with Gasteiger partial charge in [0.25, 0.3) is 0 Å². The molecule has 0 aromatic heterocycles. The summed E-state index contributed by atoms with van der Waals surface area (Å²) in [4.78, 5) is 11.7. The Kier molecular flexibility index (Phi) is 4.72. The monoisotopic (exact) mass is 302 g/mol. The summed E-state index contributed by atoms with van der Waals surface area (Å²) < 4.78 is 42.9. The lowest BCUT2D eigenvalue weighted by Gasteiger charge is -2.26. The van der Waals surface area contributed by atoms with Gasteiger partial charge in [0.05, 0.1) is 5.56 Å². The molecule has 1 aromatic carbocycles. The summed E-state index contributed by atoms with van der Waals surface area (Å²) in [6.07, 6.45) is -2.40. The molecule has 1 aliphatic rings. The minimum absolute atomic E-state index is 0.00473. The lowest BCUT2D eigenvalue weighted by molar-refractivity contribution is -0.137. The van der Waals surface area contributed by atoms with Crippen molar-refractivity contribution in [3.05, 3.63) is 29.8 Å². The van der Waals surface area contributed by atoms with Crippen LogP contribution in [0.5, 0.6) is 0 Å². The first-order chi connectivity index (χ1) is 9.84. The molecule has 2 unspecified atom stereocenters. The molecule has 116 valence electrons. The molecule has 1 aliphatic carbocycles. The topological polar surface area (TPSA) is 64.3 Å². The van der Waals surface area contributed by atoms with Crippen molar-refractivity contribution in [1.82, 2.24) is 0 Å². The third kappa shape index (κ3) is 4.63. The van der Waals surface area contributed by atoms with E-state index in [1.807, 2.05) is 0 Å². The number of carbonyl (C=O) groups is 1. The molecule has 1 fully saturated rings. The minimum atomic E-state index is -4.45. The zero-order valence-electron chi connectivity index (χ0n) is 11.3. The maximum absolute atomic E-state index is 12.6. The number of benzene rings is 1. The molecule has 21 heavy (non-hydrogen) atoms. The van der Waals surface area contributed by atoms with Crippen LogP contribution in [0.2, 0.25) is 0 Å². The summed E-state index contributed by atoms with van der Waals surface area (Å²) >= 11 is 0. The molecule has 0 heterocycles. The number of halogens is 3. The van der Waals surface area contributed by atoms with Crippen LogP contribution in [0.3, 0.4) is 0 Å². The number of hydrogen-bond donors (Lipinski definition) is 2. The fourth-order valence-corrected chi connectivity index (χ4v) is 2.36. The summed E-state index contributed by atoms with van der Waals surface area (Å²) in [5.41, 5.74) is 5.02. The van der Waals surface area contributed by atoms with Crippen LogP contribution in [0.25, 0.3) is 0 Å². The van der Waals surface area contributed by atoms with Crippen LogP contribution in [0, 0.1) is 0 Å². The molecule has 1 amide bonds. The number of carbonyl (C=O) groups excluding carboxylic acids is 1. The highest BCUT2D eigenvalue weighted by molar-refractivity contribution is 5.84. The van der Waals surface area contributed by atoms with Gasteiger partial charge in [-0.2, -0.15) is 13.2 Å². The number of amides is 1. The Morgan fingerprint density at radius 2 is 2.10 bits per heavy atom. The molecule has 0 bridgehead atoms. The highest BCUT2D eigenvalue weighted by Crippen LogP contribution is 2.30. The van der Waals surface area contributed by atoms with E-state index in [4.69, 9.17) is 10.5 Å². The Morgan fingerprint density at radius 3 is 2.76 bits per heavy atom. The van der Waals surface area contributed by atoms with Gasteiger partial charge >= 0.3 is 12.3 Å². The fraction of sp³-hybridized carbons (Fsp3) is 0.500. The summed E-state index contributed by atoms with van der Waals surface area (Å²) in [5, 5.41) is 2.31. The molecular formula is C14H17F3N2O2. The van der Waals surface area contributed by atoms with Gasteiger partial charge in [-0.25, -0.2) is 4.79 Å². The Bertz CT molecular complexity index is 505. The summed E-state index contributed by atoms with van der Waals surface area (Å²) in [6, 6.07) is 4.42. The van der Waals surface area contributed by atoms with Crippen molar-refractivity contribution in [3.8, 4) is 0 Å². The molecular weight excluding hydrogens is 285 g/mol. The minimum Gasteiger partial charge on any atom is -0.446 e. The average Bonchev–Trinajstić information content (AvgIpc) is 2.37. The van der Waals surface area contributed by atoms with Crippen molar-refractivity contribution in [2.24, 2.45) is 5.73 Å². The molecule has 0 saturated heterocycles. The zero-order valence-corrected chi connectivity index (χ0v) is 11.3. The molecule has 4 nitrogen and oxygen atoms in total. The first-order valence-electron chi connectivity index (χ1n) is 6.75. The van der Waals surface area contributed by atoms with E-state index in [0.29, 0.717) is 6.42 Å². The molecule has 0 spiro atoms. The fourth-order valence-electron chi connectivity index (χ4n) is 2.36. The highest BCUT2D eigenvalue weighted by atomic mass is 19.4. The van der Waals surface area contributed by atoms with Gasteiger partial charge in [0.1, 0.15) is 6.10 Å². The number of anilines is 1. The van der Waals surface area contributed by atoms with Gasteiger partial charge in [-0.05, 0) is 43.9 Å². The normalized spacial score (nSPS) is 22.7. The standard InChI is InChI=1S/C14H17F3N2O2/c15-14(16,17)9-3-1-5-11(7-9)19-13(20)21-12-6-2-4-10(18)8-12/h1,3,5,7,10,12H,2,4,6,8,18H2,(H,19,20). The molecule has 1 aromatic rings. The van der Waals surface area contributed by atoms with Crippen molar-refractivity contribution in [1.29, 1.82) is 0 Å². The first-order valence-corrected chi connectivity index (χ1v) is 6.75. The maximum atomic E-state index is 12.6. The Hall–Kier alpha value is -1.76. The van der Waals surface area contributed by atoms with Crippen molar-refractivity contribution < 1.29 is 22.7 Å². The first kappa shape index (κ1) is 15.6. The second-order valence-corrected chi connectivity index (χ2v) is 5.16. The molecule has 2 rings (SSSR count). The van der Waals surface area contributed by atoms with Crippen molar-refractivity contribution in [2.75, 3.05) is 5.32 Å². The number of nitrogens with two attached hydrogens (primary N) is 1. The third-order valence-electron chi connectivity index (χ3n) is 3.38. The Morgan fingerprint density at radius 1 is 1.33 bits per heavy atom. The summed E-state index contributed by atoms with van der Waals surface area (Å²) in [7, 11) is 0. The largest absolute Gasteiger partial charge is 0.446 e.